The summed E-state index contributed by atoms with van der Waals surface area (Å²) in [6.07, 6.45) is 0.508. The average molecular weight is 419 g/mol. The van der Waals surface area contributed by atoms with Crippen molar-refractivity contribution in [3.8, 4) is 10.6 Å². The first-order valence-electron chi connectivity index (χ1n) is 8.33. The normalized spacial score (nSPS) is 11.3. The van der Waals surface area contributed by atoms with Crippen LogP contribution >= 0.6 is 11.3 Å². The number of amides is 1. The topological polar surface area (TPSA) is 124 Å². The van der Waals surface area contributed by atoms with Gasteiger partial charge in [0.2, 0.25) is 15.9 Å². The van der Waals surface area contributed by atoms with Crippen LogP contribution in [-0.2, 0) is 27.8 Å². The summed E-state index contributed by atoms with van der Waals surface area (Å²) >= 11 is 1.50. The second-order valence-electron chi connectivity index (χ2n) is 5.98. The van der Waals surface area contributed by atoms with Crippen LogP contribution in [0, 0.1) is 0 Å². The zero-order valence-electron chi connectivity index (χ0n) is 14.7. The number of thiophene rings is 1. The molecule has 0 saturated carbocycles. The summed E-state index contributed by atoms with van der Waals surface area (Å²) < 4.78 is 23.6. The molecule has 0 aliphatic rings. The van der Waals surface area contributed by atoms with Crippen molar-refractivity contribution in [3.05, 3.63) is 69.8 Å². The average Bonchev–Trinajstić information content (AvgIpc) is 3.18. The molecule has 2 heterocycles. The van der Waals surface area contributed by atoms with Crippen molar-refractivity contribution in [1.29, 1.82) is 0 Å². The van der Waals surface area contributed by atoms with Crippen molar-refractivity contribution in [3.63, 3.8) is 0 Å². The molecule has 0 fully saturated rings. The van der Waals surface area contributed by atoms with Gasteiger partial charge in [0.15, 0.2) is 0 Å². The van der Waals surface area contributed by atoms with E-state index in [0.717, 1.165) is 15.1 Å². The standard InChI is InChI=1S/C18H18N4O4S2/c19-28(25,26)14-5-3-13(4-6-14)9-10-20-17(23)12-22-18(24)8-7-15(21-22)16-2-1-11-27-16/h1-8,11H,9-10,12H2,(H,20,23)(H2,19,25,26). The first-order chi connectivity index (χ1) is 13.3. The van der Waals surface area contributed by atoms with Crippen LogP contribution in [-0.4, -0.2) is 30.7 Å². The highest BCUT2D eigenvalue weighted by atomic mass is 32.2. The molecule has 0 bridgehead atoms. The Kier molecular flexibility index (Phi) is 6.02. The quantitative estimate of drug-likeness (QED) is 0.592. The summed E-state index contributed by atoms with van der Waals surface area (Å²) in [5.41, 5.74) is 1.13. The molecule has 1 amide bonds. The predicted octanol–water partition coefficient (Wildman–Crippen LogP) is 0.978. The Hall–Kier alpha value is -2.82. The van der Waals surface area contributed by atoms with E-state index in [1.165, 1.54) is 29.5 Å². The van der Waals surface area contributed by atoms with E-state index in [1.807, 2.05) is 17.5 Å². The second kappa shape index (κ2) is 8.46. The monoisotopic (exact) mass is 418 g/mol. The summed E-state index contributed by atoms with van der Waals surface area (Å²) in [6.45, 7) is 0.162. The molecule has 0 radical (unpaired) electrons. The highest BCUT2D eigenvalue weighted by molar-refractivity contribution is 7.89. The maximum atomic E-state index is 12.1. The Bertz CT molecular complexity index is 1120. The van der Waals surface area contributed by atoms with E-state index in [0.29, 0.717) is 18.7 Å². The second-order valence-corrected chi connectivity index (χ2v) is 8.49. The molecule has 3 N–H and O–H groups in total. The van der Waals surface area contributed by atoms with Crippen LogP contribution in [0.1, 0.15) is 5.56 Å². The number of primary sulfonamides is 1. The minimum absolute atomic E-state index is 0.0383. The number of carbonyl (C=O) groups excluding carboxylic acids is 1. The molecule has 3 aromatic rings. The number of hydrogen-bond donors (Lipinski definition) is 2. The third-order valence-electron chi connectivity index (χ3n) is 3.92. The lowest BCUT2D eigenvalue weighted by molar-refractivity contribution is -0.121. The lowest BCUT2D eigenvalue weighted by Crippen LogP contribution is -2.34. The zero-order chi connectivity index (χ0) is 20.1. The van der Waals surface area contributed by atoms with Crippen LogP contribution in [0.5, 0.6) is 0 Å². The van der Waals surface area contributed by atoms with Crippen molar-refractivity contribution in [2.24, 2.45) is 5.14 Å². The molecule has 146 valence electrons. The minimum atomic E-state index is -3.72. The fourth-order valence-corrected chi connectivity index (χ4v) is 3.71. The summed E-state index contributed by atoms with van der Waals surface area (Å²) in [4.78, 5) is 25.0. The molecule has 0 saturated heterocycles. The lowest BCUT2D eigenvalue weighted by Gasteiger charge is -2.08. The fourth-order valence-electron chi connectivity index (χ4n) is 2.50. The molecule has 2 aromatic heterocycles. The molecule has 0 atom stereocenters. The van der Waals surface area contributed by atoms with E-state index in [-0.39, 0.29) is 22.9 Å². The summed E-state index contributed by atoms with van der Waals surface area (Å²) in [5.74, 6) is -0.334. The number of nitrogens with one attached hydrogen (secondary N) is 1. The Balaban J connectivity index is 1.56. The van der Waals surface area contributed by atoms with Gasteiger partial charge >= 0.3 is 0 Å². The number of rotatable bonds is 7. The molecule has 28 heavy (non-hydrogen) atoms. The Morgan fingerprint density at radius 2 is 1.89 bits per heavy atom. The molecule has 0 unspecified atom stereocenters. The number of hydrogen-bond acceptors (Lipinski definition) is 6. The molecular weight excluding hydrogens is 400 g/mol. The molecule has 3 rings (SSSR count). The summed E-state index contributed by atoms with van der Waals surface area (Å²) in [7, 11) is -3.72. The number of benzene rings is 1. The first kappa shape index (κ1) is 19.9. The van der Waals surface area contributed by atoms with Gasteiger partial charge in [0, 0.05) is 12.6 Å². The molecule has 0 aliphatic heterocycles. The summed E-state index contributed by atoms with van der Waals surface area (Å²) in [6, 6.07) is 12.9. The van der Waals surface area contributed by atoms with Crippen LogP contribution < -0.4 is 16.0 Å². The SMILES string of the molecule is NS(=O)(=O)c1ccc(CCNC(=O)Cn2nc(-c3cccs3)ccc2=O)cc1. The Morgan fingerprint density at radius 1 is 1.14 bits per heavy atom. The zero-order valence-corrected chi connectivity index (χ0v) is 16.4. The molecule has 10 heteroatoms. The third-order valence-corrected chi connectivity index (χ3v) is 5.74. The van der Waals surface area contributed by atoms with Crippen molar-refractivity contribution >= 4 is 27.3 Å². The van der Waals surface area contributed by atoms with Crippen LogP contribution in [0.4, 0.5) is 0 Å². The number of nitrogens with zero attached hydrogens (tertiary/aromatic N) is 2. The van der Waals surface area contributed by atoms with E-state index in [2.05, 4.69) is 10.4 Å². The third kappa shape index (κ3) is 5.12. The van der Waals surface area contributed by atoms with Crippen LogP contribution in [0.15, 0.2) is 63.6 Å². The fraction of sp³-hybridized carbons (Fsp3) is 0.167. The highest BCUT2D eigenvalue weighted by Crippen LogP contribution is 2.20. The molecule has 0 aliphatic carbocycles. The Labute approximate surface area is 165 Å². The molecular formula is C18H18N4O4S2. The van der Waals surface area contributed by atoms with E-state index >= 15 is 0 Å². The number of nitrogens with two attached hydrogens (primary N) is 1. The van der Waals surface area contributed by atoms with Crippen molar-refractivity contribution < 1.29 is 13.2 Å². The van der Waals surface area contributed by atoms with Gasteiger partial charge in [0.1, 0.15) is 12.2 Å². The molecule has 1 aromatic carbocycles. The Morgan fingerprint density at radius 3 is 2.54 bits per heavy atom. The van der Waals surface area contributed by atoms with Crippen molar-refractivity contribution in [1.82, 2.24) is 15.1 Å². The van der Waals surface area contributed by atoms with Gasteiger partial charge in [0.05, 0.1) is 9.77 Å². The van der Waals surface area contributed by atoms with Gasteiger partial charge in [-0.3, -0.25) is 9.59 Å². The van der Waals surface area contributed by atoms with Crippen molar-refractivity contribution in [2.75, 3.05) is 6.54 Å². The van der Waals surface area contributed by atoms with E-state index in [4.69, 9.17) is 5.14 Å². The van der Waals surface area contributed by atoms with Gasteiger partial charge in [-0.05, 0) is 41.6 Å². The lowest BCUT2D eigenvalue weighted by atomic mass is 10.1. The van der Waals surface area contributed by atoms with Gasteiger partial charge in [-0.15, -0.1) is 11.3 Å². The van der Waals surface area contributed by atoms with Gasteiger partial charge in [-0.2, -0.15) is 5.10 Å². The van der Waals surface area contributed by atoms with Gasteiger partial charge < -0.3 is 5.32 Å². The largest absolute Gasteiger partial charge is 0.354 e. The van der Waals surface area contributed by atoms with Crippen LogP contribution in [0.2, 0.25) is 0 Å². The van der Waals surface area contributed by atoms with E-state index in [1.54, 1.807) is 18.2 Å². The number of sulfonamides is 1. The van der Waals surface area contributed by atoms with Gasteiger partial charge in [0.25, 0.3) is 5.56 Å². The maximum absolute atomic E-state index is 12.1. The van der Waals surface area contributed by atoms with Crippen LogP contribution in [0.25, 0.3) is 10.6 Å². The van der Waals surface area contributed by atoms with Crippen LogP contribution in [0.3, 0.4) is 0 Å². The van der Waals surface area contributed by atoms with Crippen molar-refractivity contribution in [2.45, 2.75) is 17.9 Å². The first-order valence-corrected chi connectivity index (χ1v) is 10.8. The smallest absolute Gasteiger partial charge is 0.267 e. The maximum Gasteiger partial charge on any atom is 0.267 e. The summed E-state index contributed by atoms with van der Waals surface area (Å²) in [5, 5.41) is 13.9. The minimum Gasteiger partial charge on any atom is -0.354 e. The highest BCUT2D eigenvalue weighted by Gasteiger charge is 2.09. The number of carbonyl (C=O) groups is 1. The van der Waals surface area contributed by atoms with Gasteiger partial charge in [-0.1, -0.05) is 18.2 Å². The van der Waals surface area contributed by atoms with Gasteiger partial charge in [-0.25, -0.2) is 18.2 Å². The number of aromatic nitrogens is 2. The molecule has 8 nitrogen and oxygen atoms in total. The molecule has 0 spiro atoms. The van der Waals surface area contributed by atoms with E-state index in [9.17, 15) is 18.0 Å². The predicted molar refractivity (Wildman–Crippen MR) is 106 cm³/mol. The van der Waals surface area contributed by atoms with E-state index < -0.39 is 10.0 Å².